The normalized spacial score (nSPS) is 23.5. The van der Waals surface area contributed by atoms with Gasteiger partial charge in [0.05, 0.1) is 33.2 Å². The summed E-state index contributed by atoms with van der Waals surface area (Å²) in [6.45, 7) is 0. The number of nitrogens with one attached hydrogen (secondary N) is 2. The number of nitrogens with zero attached hydrogens (tertiary/aromatic N) is 4. The molecule has 2 atom stereocenters. The number of imide groups is 1. The number of aromatic nitrogens is 2. The predicted molar refractivity (Wildman–Crippen MR) is 161 cm³/mol. The van der Waals surface area contributed by atoms with Crippen molar-refractivity contribution in [1.82, 2.24) is 9.97 Å². The van der Waals surface area contributed by atoms with Crippen molar-refractivity contribution in [3.05, 3.63) is 128 Å². The first-order chi connectivity index (χ1) is 20.9. The highest BCUT2D eigenvalue weighted by molar-refractivity contribution is 6.31. The van der Waals surface area contributed by atoms with Crippen LogP contribution in [0.3, 0.4) is 0 Å². The molecule has 43 heavy (non-hydrogen) atoms. The van der Waals surface area contributed by atoms with E-state index in [1.54, 1.807) is 6.21 Å². The zero-order chi connectivity index (χ0) is 29.5. The number of hydrogen-bond donors (Lipinski definition) is 2. The molecule has 2 amide bonds. The number of rotatable bonds is 5. The standard InChI is InChI=1S/C32H21ClN6O4/c33-17-13-14-24(25(15-17)39(42)43)38-29(40)27-26-18-7-1-3-9-20(18)32(28(27)30(38)41,21-10-4-2-8-19(21)26)16-34-37-31-35-22-11-5-6-12-23(22)36-31/h1-16,26-28H,(H2,35,36,37)/b34-16-/t26?,27-,28-,32?/m1/s1. The number of halogens is 1. The highest BCUT2D eigenvalue weighted by Gasteiger charge is 2.68. The van der Waals surface area contributed by atoms with Gasteiger partial charge in [0.2, 0.25) is 17.8 Å². The lowest BCUT2D eigenvalue weighted by Crippen LogP contribution is -2.54. The van der Waals surface area contributed by atoms with E-state index < -0.39 is 45.6 Å². The Morgan fingerprint density at radius 3 is 2.33 bits per heavy atom. The third-order valence-electron chi connectivity index (χ3n) is 8.89. The lowest BCUT2D eigenvalue weighted by atomic mass is 9.47. The summed E-state index contributed by atoms with van der Waals surface area (Å²) >= 11 is 6.07. The van der Waals surface area contributed by atoms with Crippen LogP contribution in [-0.2, 0) is 15.0 Å². The zero-order valence-corrected chi connectivity index (χ0v) is 23.0. The minimum Gasteiger partial charge on any atom is -0.323 e. The molecule has 2 bridgehead atoms. The summed E-state index contributed by atoms with van der Waals surface area (Å²) in [5, 5.41) is 16.8. The van der Waals surface area contributed by atoms with Crippen molar-refractivity contribution >= 4 is 58.0 Å². The first kappa shape index (κ1) is 25.4. The Bertz CT molecular complexity index is 1970. The maximum absolute atomic E-state index is 14.5. The summed E-state index contributed by atoms with van der Waals surface area (Å²) in [6, 6.07) is 27.1. The second-order valence-electron chi connectivity index (χ2n) is 10.9. The van der Waals surface area contributed by atoms with Crippen LogP contribution in [0, 0.1) is 22.0 Å². The van der Waals surface area contributed by atoms with Crippen molar-refractivity contribution in [3.8, 4) is 0 Å². The minimum absolute atomic E-state index is 0.0983. The molecule has 0 radical (unpaired) electrons. The molecule has 3 aliphatic carbocycles. The molecule has 0 spiro atoms. The fraction of sp³-hybridized carbons (Fsp3) is 0.125. The smallest absolute Gasteiger partial charge is 0.294 e. The summed E-state index contributed by atoms with van der Waals surface area (Å²) in [5.74, 6) is -2.70. The molecule has 1 aliphatic heterocycles. The molecule has 9 rings (SSSR count). The fourth-order valence-electron chi connectivity index (χ4n) is 7.32. The van der Waals surface area contributed by atoms with Gasteiger partial charge in [-0.1, -0.05) is 72.3 Å². The molecule has 0 saturated carbocycles. The highest BCUT2D eigenvalue weighted by atomic mass is 35.5. The Morgan fingerprint density at radius 2 is 1.63 bits per heavy atom. The molecule has 5 aromatic rings. The molecule has 10 nitrogen and oxygen atoms in total. The maximum atomic E-state index is 14.5. The SMILES string of the molecule is O=C1[C@@H]2C3c4ccccc4C(/C=N\Nc4nc5ccccc5[nH]4)(c4ccccc43)[C@H]2C(=O)N1c1ccc(Cl)cc1[N+](=O)[O-]. The summed E-state index contributed by atoms with van der Waals surface area (Å²) in [7, 11) is 0. The van der Waals surface area contributed by atoms with Gasteiger partial charge in [-0.25, -0.2) is 15.3 Å². The van der Waals surface area contributed by atoms with Crippen LogP contribution in [-0.4, -0.2) is 32.9 Å². The van der Waals surface area contributed by atoms with Gasteiger partial charge in [0.15, 0.2) is 0 Å². The molecule has 210 valence electrons. The molecule has 1 saturated heterocycles. The van der Waals surface area contributed by atoms with Gasteiger partial charge >= 0.3 is 0 Å². The van der Waals surface area contributed by atoms with Crippen LogP contribution in [0.5, 0.6) is 0 Å². The van der Waals surface area contributed by atoms with Gasteiger partial charge in [-0.3, -0.25) is 19.7 Å². The molecular formula is C32H21ClN6O4. The number of H-pyrrole nitrogens is 1. The predicted octanol–water partition coefficient (Wildman–Crippen LogP) is 5.77. The summed E-state index contributed by atoms with van der Waals surface area (Å²) in [5.41, 5.74) is 6.51. The third-order valence-corrected chi connectivity index (χ3v) is 9.12. The topological polar surface area (TPSA) is 134 Å². The number of aromatic amines is 1. The van der Waals surface area contributed by atoms with Gasteiger partial charge in [0.1, 0.15) is 5.69 Å². The average Bonchev–Trinajstić information content (AvgIpc) is 3.55. The number of imidazole rings is 1. The molecule has 2 N–H and O–H groups in total. The molecule has 1 aromatic heterocycles. The van der Waals surface area contributed by atoms with E-state index in [1.807, 2.05) is 72.8 Å². The Kier molecular flexibility index (Phi) is 5.35. The zero-order valence-electron chi connectivity index (χ0n) is 22.3. The van der Waals surface area contributed by atoms with Crippen LogP contribution in [0.1, 0.15) is 28.2 Å². The second-order valence-corrected chi connectivity index (χ2v) is 11.3. The van der Waals surface area contributed by atoms with E-state index >= 15 is 0 Å². The Morgan fingerprint density at radius 1 is 0.953 bits per heavy atom. The van der Waals surface area contributed by atoms with Crippen LogP contribution in [0.25, 0.3) is 11.0 Å². The number of nitro groups is 1. The number of carbonyl (C=O) groups excluding carboxylic acids is 2. The first-order valence-electron chi connectivity index (χ1n) is 13.7. The number of hydrazone groups is 1. The summed E-state index contributed by atoms with van der Waals surface area (Å²) < 4.78 is 0. The summed E-state index contributed by atoms with van der Waals surface area (Å²) in [6.07, 6.45) is 1.69. The van der Waals surface area contributed by atoms with E-state index in [4.69, 9.17) is 11.6 Å². The van der Waals surface area contributed by atoms with Crippen LogP contribution in [0.15, 0.2) is 96.1 Å². The van der Waals surface area contributed by atoms with Gasteiger partial charge in [-0.2, -0.15) is 5.10 Å². The quantitative estimate of drug-likeness (QED) is 0.116. The van der Waals surface area contributed by atoms with Gasteiger partial charge in [-0.05, 0) is 46.5 Å². The number of fused-ring (bicyclic) bond motifs is 1. The second kappa shape index (κ2) is 9.07. The van der Waals surface area contributed by atoms with Crippen molar-refractivity contribution < 1.29 is 14.5 Å². The van der Waals surface area contributed by atoms with Crippen molar-refractivity contribution in [3.63, 3.8) is 0 Å². The number of carbonyl (C=O) groups is 2. The fourth-order valence-corrected chi connectivity index (χ4v) is 7.49. The van der Waals surface area contributed by atoms with E-state index in [9.17, 15) is 19.7 Å². The largest absolute Gasteiger partial charge is 0.323 e. The third kappa shape index (κ3) is 3.41. The molecular weight excluding hydrogens is 568 g/mol. The van der Waals surface area contributed by atoms with E-state index in [1.165, 1.54) is 12.1 Å². The molecule has 4 aromatic carbocycles. The van der Waals surface area contributed by atoms with Gasteiger partial charge < -0.3 is 4.98 Å². The number of nitro benzene ring substituents is 1. The number of anilines is 2. The Balaban J connectivity index is 1.32. The minimum atomic E-state index is -1.14. The number of hydrogen-bond acceptors (Lipinski definition) is 7. The van der Waals surface area contributed by atoms with E-state index in [-0.39, 0.29) is 10.7 Å². The monoisotopic (exact) mass is 588 g/mol. The van der Waals surface area contributed by atoms with Crippen molar-refractivity contribution in [1.29, 1.82) is 0 Å². The van der Waals surface area contributed by atoms with Crippen LogP contribution >= 0.6 is 11.6 Å². The van der Waals surface area contributed by atoms with Gasteiger partial charge in [-0.15, -0.1) is 0 Å². The van der Waals surface area contributed by atoms with Crippen molar-refractivity contribution in [2.75, 3.05) is 10.3 Å². The van der Waals surface area contributed by atoms with Gasteiger partial charge in [0, 0.05) is 23.2 Å². The van der Waals surface area contributed by atoms with Crippen LogP contribution in [0.2, 0.25) is 5.02 Å². The van der Waals surface area contributed by atoms with E-state index in [0.29, 0.717) is 5.95 Å². The molecule has 4 aliphatic rings. The summed E-state index contributed by atoms with van der Waals surface area (Å²) in [4.78, 5) is 48.9. The molecule has 2 heterocycles. The Hall–Kier alpha value is -5.35. The van der Waals surface area contributed by atoms with E-state index in [2.05, 4.69) is 20.5 Å². The highest BCUT2D eigenvalue weighted by Crippen LogP contribution is 2.64. The number of para-hydroxylation sites is 2. The lowest BCUT2D eigenvalue weighted by molar-refractivity contribution is -0.384. The van der Waals surface area contributed by atoms with Gasteiger partial charge in [0.25, 0.3) is 5.69 Å². The van der Waals surface area contributed by atoms with E-state index in [0.717, 1.165) is 44.3 Å². The maximum Gasteiger partial charge on any atom is 0.294 e. The Labute approximate surface area is 249 Å². The van der Waals surface area contributed by atoms with Crippen molar-refractivity contribution in [2.45, 2.75) is 11.3 Å². The van der Waals surface area contributed by atoms with Crippen LogP contribution in [0.4, 0.5) is 17.3 Å². The molecule has 11 heteroatoms. The van der Waals surface area contributed by atoms with Crippen LogP contribution < -0.4 is 10.3 Å². The molecule has 0 unspecified atom stereocenters. The number of amides is 2. The van der Waals surface area contributed by atoms with Crippen molar-refractivity contribution in [2.24, 2.45) is 16.9 Å². The first-order valence-corrected chi connectivity index (χ1v) is 14.0. The average molecular weight is 589 g/mol. The number of benzene rings is 4. The molecule has 1 fully saturated rings. The lowest BCUT2D eigenvalue weighted by Gasteiger charge is -2.52.